The molecule has 0 amide bonds. The Morgan fingerprint density at radius 1 is 1.16 bits per heavy atom. The van der Waals surface area contributed by atoms with Gasteiger partial charge in [0.2, 0.25) is 0 Å². The minimum atomic E-state index is -0.256. The Morgan fingerprint density at radius 2 is 1.84 bits per heavy atom. The van der Waals surface area contributed by atoms with Gasteiger partial charge in [0.25, 0.3) is 0 Å². The molecule has 98 valence electrons. The van der Waals surface area contributed by atoms with Crippen molar-refractivity contribution in [3.63, 3.8) is 0 Å². The lowest BCUT2D eigenvalue weighted by molar-refractivity contribution is 1.17. The molecule has 1 unspecified atom stereocenters. The molecule has 3 nitrogen and oxygen atoms in total. The fraction of sp³-hybridized carbons (Fsp3) is 0.0833. The highest BCUT2D eigenvalue weighted by Crippen LogP contribution is 2.39. The number of hydrogen-bond acceptors (Lipinski definition) is 2. The molecule has 2 heterocycles. The van der Waals surface area contributed by atoms with Crippen LogP contribution in [0.15, 0.2) is 37.3 Å². The zero-order valence-corrected chi connectivity index (χ0v) is 14.1. The van der Waals surface area contributed by atoms with Gasteiger partial charge in [0.1, 0.15) is 0 Å². The number of halogens is 3. The average molecular weight is 423 g/mol. The number of nitrogens with one attached hydrogen (secondary N) is 2. The Bertz CT molecular complexity index is 808. The number of fused-ring (bicyclic) bond motifs is 1. The summed E-state index contributed by atoms with van der Waals surface area (Å²) in [5.74, 6) is 0. The van der Waals surface area contributed by atoms with Crippen LogP contribution in [0.25, 0.3) is 11.0 Å². The summed E-state index contributed by atoms with van der Waals surface area (Å²) in [4.78, 5) is 17.8. The first-order valence-electron chi connectivity index (χ1n) is 5.35. The molecule has 1 atom stereocenters. The molecular weight excluding hydrogens is 415 g/mol. The minimum absolute atomic E-state index is 0.218. The Kier molecular flexibility index (Phi) is 3.59. The van der Waals surface area contributed by atoms with Gasteiger partial charge in [-0.25, -0.2) is 4.79 Å². The maximum absolute atomic E-state index is 11.3. The average Bonchev–Trinajstić information content (AvgIpc) is 2.92. The van der Waals surface area contributed by atoms with E-state index in [1.807, 2.05) is 24.3 Å². The smallest absolute Gasteiger partial charge is 0.306 e. The first-order valence-corrected chi connectivity index (χ1v) is 8.19. The molecule has 2 N–H and O–H groups in total. The molecule has 7 heteroatoms. The number of aromatic nitrogens is 2. The predicted octanol–water partition coefficient (Wildman–Crippen LogP) is 4.77. The quantitative estimate of drug-likeness (QED) is 0.574. The fourth-order valence-electron chi connectivity index (χ4n) is 1.88. The van der Waals surface area contributed by atoms with E-state index in [0.717, 1.165) is 29.7 Å². The molecule has 0 fully saturated rings. The number of benzene rings is 1. The lowest BCUT2D eigenvalue weighted by atomic mass is 10.1. The van der Waals surface area contributed by atoms with Crippen LogP contribution in [-0.2, 0) is 0 Å². The standard InChI is InChI=1S/C12H7Br2ClN2OS/c13-6-4-8-7(16-12(18)17-8)3-5(6)11(15)9-1-2-10(14)19-9/h1-4,11H,(H2,16,17,18). The van der Waals surface area contributed by atoms with E-state index >= 15 is 0 Å². The second kappa shape index (κ2) is 5.09. The van der Waals surface area contributed by atoms with E-state index in [1.54, 1.807) is 11.3 Å². The molecule has 0 aliphatic heterocycles. The van der Waals surface area contributed by atoms with Crippen molar-refractivity contribution in [1.82, 2.24) is 9.97 Å². The third kappa shape index (κ3) is 2.54. The van der Waals surface area contributed by atoms with Gasteiger partial charge < -0.3 is 9.97 Å². The number of aromatic amines is 2. The highest BCUT2D eigenvalue weighted by molar-refractivity contribution is 9.11. The number of rotatable bonds is 2. The lowest BCUT2D eigenvalue weighted by Gasteiger charge is -2.10. The zero-order valence-electron chi connectivity index (χ0n) is 9.34. The van der Waals surface area contributed by atoms with Gasteiger partial charge in [-0.1, -0.05) is 15.9 Å². The van der Waals surface area contributed by atoms with Gasteiger partial charge in [0, 0.05) is 9.35 Å². The summed E-state index contributed by atoms with van der Waals surface area (Å²) >= 11 is 15.0. The van der Waals surface area contributed by atoms with Crippen molar-refractivity contribution >= 4 is 65.8 Å². The fourth-order valence-corrected chi connectivity index (χ4v) is 4.40. The monoisotopic (exact) mass is 420 g/mol. The summed E-state index contributed by atoms with van der Waals surface area (Å²) in [5.41, 5.74) is 2.23. The van der Waals surface area contributed by atoms with Gasteiger partial charge in [0.15, 0.2) is 0 Å². The molecule has 3 aromatic rings. The highest BCUT2D eigenvalue weighted by Gasteiger charge is 2.17. The van der Waals surface area contributed by atoms with Crippen LogP contribution in [-0.4, -0.2) is 9.97 Å². The molecule has 3 rings (SSSR count). The van der Waals surface area contributed by atoms with Crippen LogP contribution >= 0.6 is 54.8 Å². The maximum Gasteiger partial charge on any atom is 0.323 e. The summed E-state index contributed by atoms with van der Waals surface area (Å²) in [5, 5.41) is -0.256. The van der Waals surface area contributed by atoms with E-state index < -0.39 is 0 Å². The van der Waals surface area contributed by atoms with E-state index in [4.69, 9.17) is 11.6 Å². The number of thiophene rings is 1. The molecule has 0 radical (unpaired) electrons. The summed E-state index contributed by atoms with van der Waals surface area (Å²) in [7, 11) is 0. The van der Waals surface area contributed by atoms with E-state index in [1.165, 1.54) is 0 Å². The molecule has 0 saturated carbocycles. The van der Waals surface area contributed by atoms with E-state index in [-0.39, 0.29) is 11.1 Å². The van der Waals surface area contributed by atoms with Crippen LogP contribution in [0.3, 0.4) is 0 Å². The molecule has 0 spiro atoms. The number of imidazole rings is 1. The predicted molar refractivity (Wildman–Crippen MR) is 86.3 cm³/mol. The Hall–Kier alpha value is -0.560. The van der Waals surface area contributed by atoms with Gasteiger partial charge in [-0.3, -0.25) is 0 Å². The molecule has 2 aromatic heterocycles. The zero-order chi connectivity index (χ0) is 13.6. The Morgan fingerprint density at radius 3 is 2.47 bits per heavy atom. The normalized spacial score (nSPS) is 13.0. The number of H-pyrrole nitrogens is 2. The minimum Gasteiger partial charge on any atom is -0.306 e. The molecule has 0 aliphatic carbocycles. The first-order chi connectivity index (χ1) is 9.04. The molecule has 0 aliphatic rings. The second-order valence-electron chi connectivity index (χ2n) is 4.00. The maximum atomic E-state index is 11.3. The van der Waals surface area contributed by atoms with Crippen molar-refractivity contribution in [2.75, 3.05) is 0 Å². The van der Waals surface area contributed by atoms with Gasteiger partial charge in [-0.2, -0.15) is 0 Å². The third-order valence-electron chi connectivity index (χ3n) is 2.75. The van der Waals surface area contributed by atoms with Crippen molar-refractivity contribution in [3.05, 3.63) is 53.4 Å². The SMILES string of the molecule is O=c1[nH]c2cc(Br)c(C(Cl)c3ccc(Br)s3)cc2[nH]1. The van der Waals surface area contributed by atoms with Crippen molar-refractivity contribution < 1.29 is 0 Å². The van der Waals surface area contributed by atoms with Crippen molar-refractivity contribution in [2.24, 2.45) is 0 Å². The van der Waals surface area contributed by atoms with E-state index in [9.17, 15) is 4.79 Å². The van der Waals surface area contributed by atoms with Gasteiger partial charge in [0.05, 0.1) is 20.2 Å². The van der Waals surface area contributed by atoms with Crippen LogP contribution in [0.2, 0.25) is 0 Å². The second-order valence-corrected chi connectivity index (χ2v) is 7.79. The van der Waals surface area contributed by atoms with Gasteiger partial charge in [-0.15, -0.1) is 22.9 Å². The van der Waals surface area contributed by atoms with Crippen LogP contribution in [0.4, 0.5) is 0 Å². The van der Waals surface area contributed by atoms with Gasteiger partial charge in [-0.05, 0) is 45.8 Å². The largest absolute Gasteiger partial charge is 0.323 e. The summed E-state index contributed by atoms with van der Waals surface area (Å²) in [6.07, 6.45) is 0. The molecule has 0 bridgehead atoms. The van der Waals surface area contributed by atoms with Crippen LogP contribution in [0.1, 0.15) is 15.8 Å². The number of alkyl halides is 1. The highest BCUT2D eigenvalue weighted by atomic mass is 79.9. The Balaban J connectivity index is 2.13. The first kappa shape index (κ1) is 13.4. The van der Waals surface area contributed by atoms with Crippen molar-refractivity contribution in [2.45, 2.75) is 5.38 Å². The van der Waals surface area contributed by atoms with Crippen molar-refractivity contribution in [3.8, 4) is 0 Å². The van der Waals surface area contributed by atoms with E-state index in [0.29, 0.717) is 0 Å². The Labute approximate surface area is 134 Å². The molecular formula is C12H7Br2ClN2OS. The van der Waals surface area contributed by atoms with Crippen LogP contribution < -0.4 is 5.69 Å². The summed E-state index contributed by atoms with van der Waals surface area (Å²) < 4.78 is 1.92. The van der Waals surface area contributed by atoms with Gasteiger partial charge >= 0.3 is 5.69 Å². The van der Waals surface area contributed by atoms with Crippen molar-refractivity contribution in [1.29, 1.82) is 0 Å². The molecule has 0 saturated heterocycles. The molecule has 19 heavy (non-hydrogen) atoms. The summed E-state index contributed by atoms with van der Waals surface area (Å²) in [6, 6.07) is 7.71. The number of hydrogen-bond donors (Lipinski definition) is 2. The topological polar surface area (TPSA) is 48.6 Å². The summed E-state index contributed by atoms with van der Waals surface area (Å²) in [6.45, 7) is 0. The van der Waals surface area contributed by atoms with Crippen LogP contribution in [0, 0.1) is 0 Å². The third-order valence-corrected chi connectivity index (χ3v) is 5.72. The molecule has 1 aromatic carbocycles. The van der Waals surface area contributed by atoms with Crippen LogP contribution in [0.5, 0.6) is 0 Å². The lowest BCUT2D eigenvalue weighted by Crippen LogP contribution is -1.99. The van der Waals surface area contributed by atoms with E-state index in [2.05, 4.69) is 41.8 Å².